The predicted octanol–water partition coefficient (Wildman–Crippen LogP) is 3.63. The van der Waals surface area contributed by atoms with Crippen LogP contribution in [0, 0.1) is 0 Å². The zero-order chi connectivity index (χ0) is 18.0. The molecule has 1 fully saturated rings. The quantitative estimate of drug-likeness (QED) is 0.881. The summed E-state index contributed by atoms with van der Waals surface area (Å²) in [4.78, 5) is 12.9. The van der Waals surface area contributed by atoms with Crippen LogP contribution in [0.15, 0.2) is 24.3 Å². The lowest BCUT2D eigenvalue weighted by atomic mass is 9.94. The van der Waals surface area contributed by atoms with Crippen molar-refractivity contribution in [2.75, 3.05) is 20.3 Å². The molecule has 0 bridgehead atoms. The van der Waals surface area contributed by atoms with E-state index in [9.17, 15) is 4.79 Å². The highest BCUT2D eigenvalue weighted by molar-refractivity contribution is 6.31. The SMILES string of the molecule is COCCn1c(C(=O)N[C@@H]2CCOC(C)(C)C2)cc2cc(Cl)ccc21. The van der Waals surface area contributed by atoms with Crippen molar-refractivity contribution < 1.29 is 14.3 Å². The molecule has 1 aliphatic rings. The summed E-state index contributed by atoms with van der Waals surface area (Å²) in [6, 6.07) is 7.69. The van der Waals surface area contributed by atoms with Crippen LogP contribution in [0.5, 0.6) is 0 Å². The zero-order valence-electron chi connectivity index (χ0n) is 15.0. The third-order valence-corrected chi connectivity index (χ3v) is 4.88. The van der Waals surface area contributed by atoms with E-state index in [1.54, 1.807) is 7.11 Å². The summed E-state index contributed by atoms with van der Waals surface area (Å²) in [6.45, 7) is 5.94. The van der Waals surface area contributed by atoms with E-state index in [0.717, 1.165) is 23.7 Å². The first kappa shape index (κ1) is 18.2. The van der Waals surface area contributed by atoms with Crippen LogP contribution in [-0.4, -0.2) is 42.4 Å². The summed E-state index contributed by atoms with van der Waals surface area (Å²) in [5.41, 5.74) is 1.42. The van der Waals surface area contributed by atoms with Crippen molar-refractivity contribution in [3.63, 3.8) is 0 Å². The van der Waals surface area contributed by atoms with E-state index in [-0.39, 0.29) is 17.6 Å². The first-order valence-corrected chi connectivity index (χ1v) is 9.00. The van der Waals surface area contributed by atoms with Gasteiger partial charge >= 0.3 is 0 Å². The minimum Gasteiger partial charge on any atom is -0.383 e. The maximum atomic E-state index is 12.9. The number of fused-ring (bicyclic) bond motifs is 1. The largest absolute Gasteiger partial charge is 0.383 e. The Morgan fingerprint density at radius 3 is 2.96 bits per heavy atom. The second-order valence-corrected chi connectivity index (χ2v) is 7.58. The number of hydrogen-bond donors (Lipinski definition) is 1. The number of carbonyl (C=O) groups excluding carboxylic acids is 1. The maximum absolute atomic E-state index is 12.9. The minimum atomic E-state index is -0.202. The third kappa shape index (κ3) is 4.17. The molecular formula is C19H25ClN2O3. The van der Waals surface area contributed by atoms with Gasteiger partial charge in [0, 0.05) is 42.2 Å². The molecule has 25 heavy (non-hydrogen) atoms. The highest BCUT2D eigenvalue weighted by atomic mass is 35.5. The molecule has 0 spiro atoms. The van der Waals surface area contributed by atoms with Gasteiger partial charge in [-0.2, -0.15) is 0 Å². The Labute approximate surface area is 153 Å². The van der Waals surface area contributed by atoms with Crippen molar-refractivity contribution in [2.24, 2.45) is 0 Å². The number of ether oxygens (including phenoxy) is 2. The first-order valence-electron chi connectivity index (χ1n) is 8.62. The van der Waals surface area contributed by atoms with Gasteiger partial charge in [-0.1, -0.05) is 11.6 Å². The van der Waals surface area contributed by atoms with Crippen molar-refractivity contribution in [3.8, 4) is 0 Å². The van der Waals surface area contributed by atoms with Crippen LogP contribution in [0.1, 0.15) is 37.2 Å². The number of carbonyl (C=O) groups is 1. The number of aromatic nitrogens is 1. The van der Waals surface area contributed by atoms with E-state index in [4.69, 9.17) is 21.1 Å². The van der Waals surface area contributed by atoms with Gasteiger partial charge < -0.3 is 19.4 Å². The molecule has 0 saturated carbocycles. The van der Waals surface area contributed by atoms with E-state index in [1.165, 1.54) is 0 Å². The van der Waals surface area contributed by atoms with Crippen molar-refractivity contribution in [2.45, 2.75) is 44.9 Å². The average Bonchev–Trinajstić information content (AvgIpc) is 2.89. The molecule has 136 valence electrons. The lowest BCUT2D eigenvalue weighted by molar-refractivity contribution is -0.0615. The highest BCUT2D eigenvalue weighted by Crippen LogP contribution is 2.26. The van der Waals surface area contributed by atoms with Crippen molar-refractivity contribution in [1.29, 1.82) is 0 Å². The summed E-state index contributed by atoms with van der Waals surface area (Å²) in [7, 11) is 1.66. The van der Waals surface area contributed by atoms with E-state index in [0.29, 0.717) is 30.5 Å². The molecule has 6 heteroatoms. The summed E-state index contributed by atoms with van der Waals surface area (Å²) in [6.07, 6.45) is 1.64. The number of hydrogen-bond acceptors (Lipinski definition) is 3. The number of nitrogens with one attached hydrogen (secondary N) is 1. The Hall–Kier alpha value is -1.56. The molecule has 2 aromatic rings. The lowest BCUT2D eigenvalue weighted by Gasteiger charge is -2.35. The number of amides is 1. The van der Waals surface area contributed by atoms with Gasteiger partial charge in [0.25, 0.3) is 5.91 Å². The molecule has 2 heterocycles. The molecule has 1 aromatic carbocycles. The number of rotatable bonds is 5. The number of benzene rings is 1. The van der Waals surface area contributed by atoms with E-state index >= 15 is 0 Å². The van der Waals surface area contributed by atoms with E-state index < -0.39 is 0 Å². The molecule has 1 atom stereocenters. The minimum absolute atomic E-state index is 0.0638. The second-order valence-electron chi connectivity index (χ2n) is 7.15. The summed E-state index contributed by atoms with van der Waals surface area (Å²) in [5.74, 6) is -0.0638. The van der Waals surface area contributed by atoms with Crippen LogP contribution in [0.4, 0.5) is 0 Å². The van der Waals surface area contributed by atoms with Gasteiger partial charge in [-0.15, -0.1) is 0 Å². The Kier molecular flexibility index (Phi) is 5.37. The lowest BCUT2D eigenvalue weighted by Crippen LogP contribution is -2.46. The first-order chi connectivity index (χ1) is 11.9. The molecule has 0 aliphatic carbocycles. The molecule has 0 radical (unpaired) electrons. The van der Waals surface area contributed by atoms with Gasteiger partial charge in [-0.25, -0.2) is 0 Å². The third-order valence-electron chi connectivity index (χ3n) is 4.65. The topological polar surface area (TPSA) is 52.5 Å². The smallest absolute Gasteiger partial charge is 0.268 e. The Bertz CT molecular complexity index is 769. The van der Waals surface area contributed by atoms with Crippen LogP contribution in [0.25, 0.3) is 10.9 Å². The molecular weight excluding hydrogens is 340 g/mol. The van der Waals surface area contributed by atoms with Crippen LogP contribution < -0.4 is 5.32 Å². The fourth-order valence-electron chi connectivity index (χ4n) is 3.47. The van der Waals surface area contributed by atoms with Crippen molar-refractivity contribution in [3.05, 3.63) is 35.0 Å². The molecule has 3 rings (SSSR count). The molecule has 1 aliphatic heterocycles. The molecule has 1 N–H and O–H groups in total. The number of nitrogens with zero attached hydrogens (tertiary/aromatic N) is 1. The average molecular weight is 365 g/mol. The Morgan fingerprint density at radius 1 is 1.44 bits per heavy atom. The van der Waals surface area contributed by atoms with Crippen LogP contribution in [-0.2, 0) is 16.0 Å². The molecule has 1 amide bonds. The monoisotopic (exact) mass is 364 g/mol. The van der Waals surface area contributed by atoms with E-state index in [2.05, 4.69) is 19.2 Å². The fraction of sp³-hybridized carbons (Fsp3) is 0.526. The maximum Gasteiger partial charge on any atom is 0.268 e. The summed E-state index contributed by atoms with van der Waals surface area (Å²) in [5, 5.41) is 4.79. The van der Waals surface area contributed by atoms with Crippen LogP contribution in [0.3, 0.4) is 0 Å². The summed E-state index contributed by atoms with van der Waals surface area (Å²) < 4.78 is 12.9. The summed E-state index contributed by atoms with van der Waals surface area (Å²) >= 11 is 6.10. The van der Waals surface area contributed by atoms with Gasteiger partial charge in [0.15, 0.2) is 0 Å². The van der Waals surface area contributed by atoms with Gasteiger partial charge in [0.05, 0.1) is 12.2 Å². The number of halogens is 1. The van der Waals surface area contributed by atoms with Crippen LogP contribution >= 0.6 is 11.6 Å². The van der Waals surface area contributed by atoms with Gasteiger partial charge in [-0.05, 0) is 51.0 Å². The zero-order valence-corrected chi connectivity index (χ0v) is 15.7. The molecule has 5 nitrogen and oxygen atoms in total. The Balaban J connectivity index is 1.86. The standard InChI is InChI=1S/C19H25ClN2O3/c1-19(2)12-15(6-8-25-19)21-18(23)17-11-13-10-14(20)4-5-16(13)22(17)7-9-24-3/h4-5,10-11,15H,6-9,12H2,1-3H3,(H,21,23)/t15-/m1/s1. The van der Waals surface area contributed by atoms with E-state index in [1.807, 2.05) is 28.8 Å². The number of methoxy groups -OCH3 is 1. The normalized spacial score (nSPS) is 19.9. The van der Waals surface area contributed by atoms with Gasteiger partial charge in [0.2, 0.25) is 0 Å². The van der Waals surface area contributed by atoms with Crippen molar-refractivity contribution in [1.82, 2.24) is 9.88 Å². The van der Waals surface area contributed by atoms with Crippen LogP contribution in [0.2, 0.25) is 5.02 Å². The molecule has 1 saturated heterocycles. The van der Waals surface area contributed by atoms with Gasteiger partial charge in [0.1, 0.15) is 5.69 Å². The highest BCUT2D eigenvalue weighted by Gasteiger charge is 2.30. The van der Waals surface area contributed by atoms with Crippen molar-refractivity contribution >= 4 is 28.4 Å². The van der Waals surface area contributed by atoms with Gasteiger partial charge in [-0.3, -0.25) is 4.79 Å². The second kappa shape index (κ2) is 7.36. The molecule has 0 unspecified atom stereocenters. The fourth-order valence-corrected chi connectivity index (χ4v) is 3.65. The Morgan fingerprint density at radius 2 is 2.24 bits per heavy atom. The predicted molar refractivity (Wildman–Crippen MR) is 99.3 cm³/mol. The molecule has 1 aromatic heterocycles.